The predicted octanol–water partition coefficient (Wildman–Crippen LogP) is 6.48. The molecule has 0 unspecified atom stereocenters. The monoisotopic (exact) mass is 382 g/mol. The van der Waals surface area contributed by atoms with E-state index in [0.29, 0.717) is 23.5 Å². The van der Waals surface area contributed by atoms with Crippen molar-refractivity contribution in [3.63, 3.8) is 0 Å². The highest BCUT2D eigenvalue weighted by Crippen LogP contribution is 2.29. The highest BCUT2D eigenvalue weighted by Gasteiger charge is 2.25. The summed E-state index contributed by atoms with van der Waals surface area (Å²) in [5, 5.41) is 11.3. The summed E-state index contributed by atoms with van der Waals surface area (Å²) in [7, 11) is 0. The molecule has 0 radical (unpaired) electrons. The maximum Gasteiger partial charge on any atom is 0.336 e. The molecule has 1 N–H and O–H groups in total. The van der Waals surface area contributed by atoms with Crippen molar-refractivity contribution in [1.82, 2.24) is 0 Å². The van der Waals surface area contributed by atoms with Gasteiger partial charge in [-0.2, -0.15) is 0 Å². The van der Waals surface area contributed by atoms with Crippen molar-refractivity contribution in [3.8, 4) is 5.75 Å². The Bertz CT molecular complexity index is 929. The SMILES string of the molecule is C/C=C/CC/C=C/CC/C(O)=C(\C)C(C)(C)Oc1ccc2ccc(=O)oc2c1. The molecule has 2 rings (SSSR count). The number of hydrogen-bond acceptors (Lipinski definition) is 4. The van der Waals surface area contributed by atoms with Crippen molar-refractivity contribution in [2.24, 2.45) is 0 Å². The number of rotatable bonds is 9. The molecule has 0 spiro atoms. The molecule has 0 aliphatic carbocycles. The zero-order valence-electron chi connectivity index (χ0n) is 17.2. The van der Waals surface area contributed by atoms with E-state index < -0.39 is 11.2 Å². The van der Waals surface area contributed by atoms with Gasteiger partial charge in [0.25, 0.3) is 0 Å². The minimum atomic E-state index is -0.692. The number of unbranched alkanes of at least 4 members (excludes halogenated alkanes) is 1. The quantitative estimate of drug-likeness (QED) is 0.233. The fraction of sp³-hybridized carbons (Fsp3) is 0.375. The zero-order valence-corrected chi connectivity index (χ0v) is 17.2. The summed E-state index contributed by atoms with van der Waals surface area (Å²) in [5.74, 6) is 0.929. The summed E-state index contributed by atoms with van der Waals surface area (Å²) in [6.07, 6.45) is 11.9. The van der Waals surface area contributed by atoms with Crippen LogP contribution in [0, 0.1) is 0 Å². The van der Waals surface area contributed by atoms with Crippen molar-refractivity contribution in [3.05, 3.63) is 76.4 Å². The van der Waals surface area contributed by atoms with E-state index in [1.54, 1.807) is 12.1 Å². The van der Waals surface area contributed by atoms with Crippen LogP contribution in [0.25, 0.3) is 11.0 Å². The van der Waals surface area contributed by atoms with Gasteiger partial charge in [0.1, 0.15) is 16.9 Å². The van der Waals surface area contributed by atoms with Crippen LogP contribution in [-0.4, -0.2) is 10.7 Å². The van der Waals surface area contributed by atoms with Crippen LogP contribution in [0.2, 0.25) is 0 Å². The standard InChI is InChI=1S/C24H30O4/c1-5-6-7-8-9-10-11-12-21(25)18(2)24(3,4)28-20-15-13-19-14-16-23(26)27-22(19)17-20/h5-6,9-10,13-17,25H,7-8,11-12H2,1-4H3/b6-5+,10-9+,21-18-. The van der Waals surface area contributed by atoms with Gasteiger partial charge in [0.2, 0.25) is 0 Å². The molecule has 1 heterocycles. The van der Waals surface area contributed by atoms with Gasteiger partial charge in [-0.05, 0) is 65.2 Å². The Morgan fingerprint density at radius 2 is 1.79 bits per heavy atom. The van der Waals surface area contributed by atoms with Gasteiger partial charge in [0, 0.05) is 29.5 Å². The van der Waals surface area contributed by atoms with Gasteiger partial charge in [-0.1, -0.05) is 24.3 Å². The number of aliphatic hydroxyl groups excluding tert-OH is 1. The largest absolute Gasteiger partial charge is 0.512 e. The first-order chi connectivity index (χ1) is 13.3. The first kappa shape index (κ1) is 21.5. The molecule has 1 aromatic heterocycles. The topological polar surface area (TPSA) is 59.7 Å². The molecule has 0 saturated carbocycles. The summed E-state index contributed by atoms with van der Waals surface area (Å²) in [4.78, 5) is 11.4. The van der Waals surface area contributed by atoms with E-state index in [2.05, 4.69) is 24.3 Å². The third-order valence-corrected chi connectivity index (χ3v) is 4.75. The van der Waals surface area contributed by atoms with E-state index in [0.717, 1.165) is 30.2 Å². The summed E-state index contributed by atoms with van der Waals surface area (Å²) in [6, 6.07) is 8.51. The van der Waals surface area contributed by atoms with Gasteiger partial charge >= 0.3 is 5.63 Å². The van der Waals surface area contributed by atoms with Gasteiger partial charge in [-0.3, -0.25) is 0 Å². The Balaban J connectivity index is 2.03. The van der Waals surface area contributed by atoms with Crippen LogP contribution >= 0.6 is 0 Å². The van der Waals surface area contributed by atoms with Gasteiger partial charge in [-0.25, -0.2) is 4.79 Å². The minimum absolute atomic E-state index is 0.343. The lowest BCUT2D eigenvalue weighted by atomic mass is 9.96. The summed E-state index contributed by atoms with van der Waals surface area (Å²) < 4.78 is 11.3. The van der Waals surface area contributed by atoms with E-state index in [-0.39, 0.29) is 0 Å². The van der Waals surface area contributed by atoms with Crippen molar-refractivity contribution >= 4 is 11.0 Å². The number of fused-ring (bicyclic) bond motifs is 1. The third kappa shape index (κ3) is 6.15. The lowest BCUT2D eigenvalue weighted by Crippen LogP contribution is -2.30. The maximum absolute atomic E-state index is 11.4. The van der Waals surface area contributed by atoms with Crippen molar-refractivity contribution in [1.29, 1.82) is 0 Å². The van der Waals surface area contributed by atoms with Crippen LogP contribution in [0.4, 0.5) is 0 Å². The molecule has 0 saturated heterocycles. The Labute approximate surface area is 166 Å². The fourth-order valence-corrected chi connectivity index (χ4v) is 2.83. The number of hydrogen-bond donors (Lipinski definition) is 1. The number of benzene rings is 1. The smallest absolute Gasteiger partial charge is 0.336 e. The second-order valence-electron chi connectivity index (χ2n) is 7.29. The predicted molar refractivity (Wildman–Crippen MR) is 115 cm³/mol. The van der Waals surface area contributed by atoms with E-state index >= 15 is 0 Å². The lowest BCUT2D eigenvalue weighted by molar-refractivity contribution is 0.141. The van der Waals surface area contributed by atoms with E-state index in [1.807, 2.05) is 39.8 Å². The van der Waals surface area contributed by atoms with Gasteiger partial charge in [0.15, 0.2) is 0 Å². The maximum atomic E-state index is 11.4. The molecule has 0 aliphatic rings. The highest BCUT2D eigenvalue weighted by molar-refractivity contribution is 5.77. The molecule has 0 atom stereocenters. The van der Waals surface area contributed by atoms with Crippen LogP contribution in [0.1, 0.15) is 53.4 Å². The molecule has 1 aromatic carbocycles. The molecule has 2 aromatic rings. The van der Waals surface area contributed by atoms with Crippen molar-refractivity contribution in [2.45, 2.75) is 59.0 Å². The number of ether oxygens (including phenoxy) is 1. The first-order valence-electron chi connectivity index (χ1n) is 9.72. The molecular weight excluding hydrogens is 352 g/mol. The number of aliphatic hydroxyl groups is 1. The lowest BCUT2D eigenvalue weighted by Gasteiger charge is -2.28. The number of allylic oxidation sites excluding steroid dienone is 5. The molecule has 0 bridgehead atoms. The molecule has 150 valence electrons. The molecule has 28 heavy (non-hydrogen) atoms. The van der Waals surface area contributed by atoms with E-state index in [4.69, 9.17) is 9.15 Å². The molecule has 4 heteroatoms. The second kappa shape index (κ2) is 9.98. The Morgan fingerprint density at radius 3 is 2.54 bits per heavy atom. The molecular formula is C24H30O4. The molecule has 0 amide bonds. The fourth-order valence-electron chi connectivity index (χ4n) is 2.83. The first-order valence-corrected chi connectivity index (χ1v) is 9.72. The highest BCUT2D eigenvalue weighted by atomic mass is 16.5. The second-order valence-corrected chi connectivity index (χ2v) is 7.29. The normalized spacial score (nSPS) is 13.4. The van der Waals surface area contributed by atoms with Crippen molar-refractivity contribution in [2.75, 3.05) is 0 Å². The molecule has 0 aliphatic heterocycles. The summed E-state index contributed by atoms with van der Waals surface area (Å²) in [6.45, 7) is 7.73. The van der Waals surface area contributed by atoms with Crippen LogP contribution in [0.3, 0.4) is 0 Å². The van der Waals surface area contributed by atoms with Gasteiger partial charge in [-0.15, -0.1) is 0 Å². The van der Waals surface area contributed by atoms with Gasteiger partial charge in [0.05, 0.1) is 5.76 Å². The summed E-state index contributed by atoms with van der Waals surface area (Å²) >= 11 is 0. The average molecular weight is 383 g/mol. The third-order valence-electron chi connectivity index (χ3n) is 4.75. The Morgan fingerprint density at radius 1 is 1.11 bits per heavy atom. The zero-order chi connectivity index (χ0) is 20.6. The summed E-state index contributed by atoms with van der Waals surface area (Å²) in [5.41, 5.74) is 0.179. The van der Waals surface area contributed by atoms with Crippen LogP contribution in [-0.2, 0) is 0 Å². The minimum Gasteiger partial charge on any atom is -0.512 e. The Kier molecular flexibility index (Phi) is 7.68. The molecule has 0 fully saturated rings. The van der Waals surface area contributed by atoms with Crippen LogP contribution in [0.5, 0.6) is 5.75 Å². The van der Waals surface area contributed by atoms with Crippen LogP contribution < -0.4 is 10.4 Å². The van der Waals surface area contributed by atoms with Crippen molar-refractivity contribution < 1.29 is 14.3 Å². The Hall–Kier alpha value is -2.75. The van der Waals surface area contributed by atoms with E-state index in [1.165, 1.54) is 6.07 Å². The van der Waals surface area contributed by atoms with Crippen LogP contribution in [0.15, 0.2) is 75.2 Å². The van der Waals surface area contributed by atoms with E-state index in [9.17, 15) is 9.90 Å². The average Bonchev–Trinajstić information content (AvgIpc) is 2.65. The molecule has 4 nitrogen and oxygen atoms in total. The van der Waals surface area contributed by atoms with Gasteiger partial charge < -0.3 is 14.3 Å².